The van der Waals surface area contributed by atoms with E-state index in [1.807, 2.05) is 0 Å². The van der Waals surface area contributed by atoms with Gasteiger partial charge in [-0.15, -0.1) is 0 Å². The van der Waals surface area contributed by atoms with Crippen molar-refractivity contribution in [1.29, 1.82) is 0 Å². The van der Waals surface area contributed by atoms with E-state index >= 15 is 0 Å². The Morgan fingerprint density at radius 1 is 1.60 bits per heavy atom. The van der Waals surface area contributed by atoms with Crippen LogP contribution in [0.1, 0.15) is 16.1 Å². The third kappa shape index (κ3) is 1.30. The Labute approximate surface area is 85.1 Å². The number of ether oxygens (including phenoxy) is 1. The van der Waals surface area contributed by atoms with Gasteiger partial charge in [0.2, 0.25) is 0 Å². The lowest BCUT2D eigenvalue weighted by atomic mass is 10.3. The maximum absolute atomic E-state index is 10.9. The second kappa shape index (κ2) is 3.23. The number of nitrogens with zero attached hydrogens (tertiary/aromatic N) is 3. The van der Waals surface area contributed by atoms with Crippen molar-refractivity contribution in [2.45, 2.75) is 6.92 Å². The van der Waals surface area contributed by atoms with E-state index in [4.69, 9.17) is 9.84 Å². The maximum Gasteiger partial charge on any atom is 0.341 e. The standard InChI is InChI=1S/C9H9N3O3/c1-5-7-8(15-2)6(9(13)14)3-12(7)11-4-10-5/h3-4H,1-2H3,(H,13,14). The van der Waals surface area contributed by atoms with Crippen LogP contribution in [0.25, 0.3) is 5.52 Å². The van der Waals surface area contributed by atoms with Crippen molar-refractivity contribution in [1.82, 2.24) is 14.6 Å². The minimum atomic E-state index is -1.04. The number of carboxylic acids is 1. The smallest absolute Gasteiger partial charge is 0.341 e. The summed E-state index contributed by atoms with van der Waals surface area (Å²) in [6.07, 6.45) is 2.78. The van der Waals surface area contributed by atoms with E-state index in [0.29, 0.717) is 17.0 Å². The van der Waals surface area contributed by atoms with Crippen LogP contribution in [0.3, 0.4) is 0 Å². The average molecular weight is 207 g/mol. The zero-order chi connectivity index (χ0) is 11.0. The first kappa shape index (κ1) is 9.45. The summed E-state index contributed by atoms with van der Waals surface area (Å²) in [7, 11) is 1.42. The highest BCUT2D eigenvalue weighted by atomic mass is 16.5. The zero-order valence-electron chi connectivity index (χ0n) is 8.26. The van der Waals surface area contributed by atoms with Gasteiger partial charge < -0.3 is 9.84 Å². The maximum atomic E-state index is 10.9. The van der Waals surface area contributed by atoms with E-state index in [-0.39, 0.29) is 5.56 Å². The zero-order valence-corrected chi connectivity index (χ0v) is 8.26. The van der Waals surface area contributed by atoms with Crippen LogP contribution >= 0.6 is 0 Å². The highest BCUT2D eigenvalue weighted by molar-refractivity contribution is 5.94. The average Bonchev–Trinajstić information content (AvgIpc) is 2.57. The molecule has 6 heteroatoms. The number of rotatable bonds is 2. The number of hydrogen-bond acceptors (Lipinski definition) is 4. The number of carboxylic acid groups (broad SMARTS) is 1. The van der Waals surface area contributed by atoms with E-state index in [0.717, 1.165) is 0 Å². The van der Waals surface area contributed by atoms with Crippen LogP contribution in [0.15, 0.2) is 12.5 Å². The van der Waals surface area contributed by atoms with Gasteiger partial charge in [-0.05, 0) is 6.92 Å². The molecule has 15 heavy (non-hydrogen) atoms. The first-order chi connectivity index (χ1) is 7.15. The molecule has 2 heterocycles. The minimum Gasteiger partial charge on any atom is -0.493 e. The Morgan fingerprint density at radius 3 is 2.93 bits per heavy atom. The normalized spacial score (nSPS) is 10.5. The number of aromatic carboxylic acids is 1. The summed E-state index contributed by atoms with van der Waals surface area (Å²) in [5.74, 6) is -0.752. The Morgan fingerprint density at radius 2 is 2.33 bits per heavy atom. The quantitative estimate of drug-likeness (QED) is 0.786. The van der Waals surface area contributed by atoms with Crippen LogP contribution < -0.4 is 4.74 Å². The number of fused-ring (bicyclic) bond motifs is 1. The van der Waals surface area contributed by atoms with Gasteiger partial charge in [-0.2, -0.15) is 5.10 Å². The molecule has 1 N–H and O–H groups in total. The van der Waals surface area contributed by atoms with Gasteiger partial charge in [0.25, 0.3) is 0 Å². The molecule has 78 valence electrons. The molecule has 0 saturated heterocycles. The number of aromatic nitrogens is 3. The Balaban J connectivity index is 2.86. The van der Waals surface area contributed by atoms with Crippen molar-refractivity contribution in [3.63, 3.8) is 0 Å². The lowest BCUT2D eigenvalue weighted by molar-refractivity contribution is 0.0694. The third-order valence-corrected chi connectivity index (χ3v) is 2.14. The number of hydrogen-bond donors (Lipinski definition) is 1. The molecular weight excluding hydrogens is 198 g/mol. The van der Waals surface area contributed by atoms with E-state index < -0.39 is 5.97 Å². The molecule has 2 aromatic rings. The summed E-state index contributed by atoms with van der Waals surface area (Å²) in [4.78, 5) is 14.9. The lowest BCUT2D eigenvalue weighted by Crippen LogP contribution is -1.97. The van der Waals surface area contributed by atoms with E-state index in [1.165, 1.54) is 24.1 Å². The van der Waals surface area contributed by atoms with Crippen molar-refractivity contribution in [3.8, 4) is 5.75 Å². The van der Waals surface area contributed by atoms with Gasteiger partial charge in [-0.3, -0.25) is 0 Å². The molecular formula is C9H9N3O3. The Hall–Kier alpha value is -2.11. The second-order valence-corrected chi connectivity index (χ2v) is 3.02. The first-order valence-corrected chi connectivity index (χ1v) is 4.25. The van der Waals surface area contributed by atoms with Crippen LogP contribution in [0.5, 0.6) is 5.75 Å². The molecule has 0 aliphatic heterocycles. The molecule has 0 aliphatic carbocycles. The van der Waals surface area contributed by atoms with Gasteiger partial charge in [-0.25, -0.2) is 14.3 Å². The summed E-state index contributed by atoms with van der Waals surface area (Å²) >= 11 is 0. The van der Waals surface area contributed by atoms with Crippen molar-refractivity contribution in [2.75, 3.05) is 7.11 Å². The third-order valence-electron chi connectivity index (χ3n) is 2.14. The minimum absolute atomic E-state index is 0.0844. The van der Waals surface area contributed by atoms with Gasteiger partial charge in [0.1, 0.15) is 17.4 Å². The first-order valence-electron chi connectivity index (χ1n) is 4.25. The SMILES string of the molecule is COc1c(C(=O)O)cn2ncnc(C)c12. The molecule has 0 amide bonds. The molecule has 0 aromatic carbocycles. The van der Waals surface area contributed by atoms with Crippen molar-refractivity contribution < 1.29 is 14.6 Å². The summed E-state index contributed by atoms with van der Waals surface area (Å²) in [5.41, 5.74) is 1.34. The van der Waals surface area contributed by atoms with Crippen molar-refractivity contribution in [2.24, 2.45) is 0 Å². The van der Waals surface area contributed by atoms with Crippen LogP contribution in [0.2, 0.25) is 0 Å². The van der Waals surface area contributed by atoms with E-state index in [1.54, 1.807) is 6.92 Å². The van der Waals surface area contributed by atoms with E-state index in [2.05, 4.69) is 10.1 Å². The molecule has 0 aliphatic rings. The van der Waals surface area contributed by atoms with Gasteiger partial charge in [0.15, 0.2) is 5.75 Å². The van der Waals surface area contributed by atoms with E-state index in [9.17, 15) is 4.79 Å². The van der Waals surface area contributed by atoms with Crippen LogP contribution in [-0.4, -0.2) is 32.8 Å². The van der Waals surface area contributed by atoms with Gasteiger partial charge in [0.05, 0.1) is 12.8 Å². The molecule has 0 fully saturated rings. The molecule has 2 aromatic heterocycles. The van der Waals surface area contributed by atoms with Gasteiger partial charge >= 0.3 is 5.97 Å². The van der Waals surface area contributed by atoms with Gasteiger partial charge in [0, 0.05) is 6.20 Å². The fraction of sp³-hybridized carbons (Fsp3) is 0.222. The summed E-state index contributed by atoms with van der Waals surface area (Å²) < 4.78 is 6.51. The highest BCUT2D eigenvalue weighted by Crippen LogP contribution is 2.27. The Bertz CT molecular complexity index is 533. The van der Waals surface area contributed by atoms with Crippen molar-refractivity contribution in [3.05, 3.63) is 23.8 Å². The monoisotopic (exact) mass is 207 g/mol. The van der Waals surface area contributed by atoms with Crippen molar-refractivity contribution >= 4 is 11.5 Å². The highest BCUT2D eigenvalue weighted by Gasteiger charge is 2.19. The summed E-state index contributed by atoms with van der Waals surface area (Å²) in [6, 6.07) is 0. The largest absolute Gasteiger partial charge is 0.493 e. The Kier molecular flexibility index (Phi) is 2.03. The predicted molar refractivity (Wildman–Crippen MR) is 51.2 cm³/mol. The topological polar surface area (TPSA) is 76.7 Å². The molecule has 0 saturated carbocycles. The predicted octanol–water partition coefficient (Wildman–Crippen LogP) is 0.745. The molecule has 0 unspecified atom stereocenters. The number of carbonyl (C=O) groups is 1. The van der Waals surface area contributed by atoms with Crippen LogP contribution in [0, 0.1) is 6.92 Å². The number of aryl methyl sites for hydroxylation is 1. The molecule has 0 atom stereocenters. The van der Waals surface area contributed by atoms with Gasteiger partial charge in [-0.1, -0.05) is 0 Å². The summed E-state index contributed by atoms with van der Waals surface area (Å²) in [5, 5.41) is 12.9. The second-order valence-electron chi connectivity index (χ2n) is 3.02. The van der Waals surface area contributed by atoms with Crippen LogP contribution in [0.4, 0.5) is 0 Å². The summed E-state index contributed by atoms with van der Waals surface area (Å²) in [6.45, 7) is 1.77. The van der Waals surface area contributed by atoms with Crippen LogP contribution in [-0.2, 0) is 0 Å². The molecule has 6 nitrogen and oxygen atoms in total. The molecule has 0 spiro atoms. The number of methoxy groups -OCH3 is 1. The molecule has 0 bridgehead atoms. The fourth-order valence-electron chi connectivity index (χ4n) is 1.49. The molecule has 2 rings (SSSR count). The fourth-order valence-corrected chi connectivity index (χ4v) is 1.49. The molecule has 0 radical (unpaired) electrons. The lowest BCUT2D eigenvalue weighted by Gasteiger charge is -2.00.